The van der Waals surface area contributed by atoms with E-state index in [9.17, 15) is 0 Å². The molecule has 20 heavy (non-hydrogen) atoms. The zero-order chi connectivity index (χ0) is 13.9. The number of fused-ring (bicyclic) bond motifs is 1. The molecule has 2 aromatic rings. The third kappa shape index (κ3) is 2.72. The van der Waals surface area contributed by atoms with Crippen LogP contribution in [-0.2, 0) is 4.74 Å². The van der Waals surface area contributed by atoms with Crippen LogP contribution in [0.1, 0.15) is 18.9 Å². The zero-order valence-electron chi connectivity index (χ0n) is 11.6. The predicted octanol–water partition coefficient (Wildman–Crippen LogP) is 2.42. The van der Waals surface area contributed by atoms with Crippen molar-refractivity contribution < 1.29 is 9.57 Å². The highest BCUT2D eigenvalue weighted by atomic mass is 16.8. The molecule has 1 unspecified atom stereocenters. The van der Waals surface area contributed by atoms with E-state index in [0.29, 0.717) is 0 Å². The monoisotopic (exact) mass is 271 g/mol. The Morgan fingerprint density at radius 1 is 1.35 bits per heavy atom. The van der Waals surface area contributed by atoms with Gasteiger partial charge in [-0.1, -0.05) is 34.7 Å². The van der Waals surface area contributed by atoms with Crippen LogP contribution in [0, 0.1) is 6.92 Å². The molecule has 0 saturated heterocycles. The Balaban J connectivity index is 1.60. The van der Waals surface area contributed by atoms with Crippen molar-refractivity contribution in [3.8, 4) is 0 Å². The largest absolute Gasteiger partial charge is 0.366 e. The van der Waals surface area contributed by atoms with Gasteiger partial charge in [0.15, 0.2) is 0 Å². The molecule has 3 rings (SSSR count). The van der Waals surface area contributed by atoms with E-state index in [1.54, 1.807) is 0 Å². The van der Waals surface area contributed by atoms with Crippen molar-refractivity contribution in [2.75, 3.05) is 6.79 Å². The van der Waals surface area contributed by atoms with Crippen molar-refractivity contribution >= 4 is 11.0 Å². The molecule has 0 bridgehead atoms. The van der Waals surface area contributed by atoms with E-state index in [1.165, 1.54) is 10.4 Å². The Morgan fingerprint density at radius 2 is 2.25 bits per heavy atom. The minimum Gasteiger partial charge on any atom is -0.366 e. The number of aryl methyl sites for hydroxylation is 1. The van der Waals surface area contributed by atoms with Crippen LogP contribution >= 0.6 is 0 Å². The minimum atomic E-state index is 0.0650. The maximum absolute atomic E-state index is 5.64. The van der Waals surface area contributed by atoms with E-state index < -0.39 is 0 Å². The van der Waals surface area contributed by atoms with E-state index >= 15 is 0 Å². The minimum absolute atomic E-state index is 0.0650. The van der Waals surface area contributed by atoms with E-state index in [-0.39, 0.29) is 12.9 Å². The lowest BCUT2D eigenvalue weighted by atomic mass is 10.1. The Bertz CT molecular complexity index is 673. The molecule has 104 valence electrons. The Morgan fingerprint density at radius 3 is 3.05 bits per heavy atom. The molecule has 0 saturated carbocycles. The molecule has 0 fully saturated rings. The van der Waals surface area contributed by atoms with Crippen LogP contribution in [0.4, 0.5) is 0 Å². The lowest BCUT2D eigenvalue weighted by Gasteiger charge is -2.15. The normalized spacial score (nSPS) is 18.3. The summed E-state index contributed by atoms with van der Waals surface area (Å²) in [6, 6.07) is 5.91. The lowest BCUT2D eigenvalue weighted by Crippen LogP contribution is -2.21. The molecule has 1 aliphatic carbocycles. The van der Waals surface area contributed by atoms with Gasteiger partial charge in [-0.3, -0.25) is 0 Å². The highest BCUT2D eigenvalue weighted by molar-refractivity contribution is 5.74. The van der Waals surface area contributed by atoms with Gasteiger partial charge in [-0.05, 0) is 43.2 Å². The molecule has 1 aromatic heterocycles. The van der Waals surface area contributed by atoms with Crippen molar-refractivity contribution in [2.24, 2.45) is 0 Å². The van der Waals surface area contributed by atoms with Crippen LogP contribution in [0.15, 0.2) is 42.0 Å². The summed E-state index contributed by atoms with van der Waals surface area (Å²) < 4.78 is 5.64. The number of benzene rings is 1. The summed E-state index contributed by atoms with van der Waals surface area (Å²) in [4.78, 5) is 6.92. The molecule has 0 spiro atoms. The highest BCUT2D eigenvalue weighted by Crippen LogP contribution is 2.13. The van der Waals surface area contributed by atoms with Crippen LogP contribution in [0.5, 0.6) is 0 Å². The van der Waals surface area contributed by atoms with Gasteiger partial charge in [0, 0.05) is 0 Å². The fraction of sp³-hybridized carbons (Fsp3) is 0.333. The van der Waals surface area contributed by atoms with E-state index in [4.69, 9.17) is 9.57 Å². The molecular weight excluding hydrogens is 254 g/mol. The van der Waals surface area contributed by atoms with Crippen molar-refractivity contribution in [3.05, 3.63) is 47.6 Å². The standard InChI is InChI=1S/C15H17N3O2/c1-11-3-6-13(7-4-11)19-10-20-18-15-9-12(2)5-8-14(15)16-17-18/h3-6,8-9,13H,7,10H2,1-2H3. The van der Waals surface area contributed by atoms with Crippen LogP contribution in [0.2, 0.25) is 0 Å². The number of aromatic nitrogens is 3. The van der Waals surface area contributed by atoms with Gasteiger partial charge < -0.3 is 9.57 Å². The van der Waals surface area contributed by atoms with Crippen molar-refractivity contribution in [1.29, 1.82) is 0 Å². The van der Waals surface area contributed by atoms with Crippen LogP contribution in [0.25, 0.3) is 11.0 Å². The average Bonchev–Trinajstić information content (AvgIpc) is 2.84. The Hall–Kier alpha value is -2.14. The van der Waals surface area contributed by atoms with Crippen molar-refractivity contribution in [2.45, 2.75) is 26.4 Å². The first-order valence-electron chi connectivity index (χ1n) is 6.64. The summed E-state index contributed by atoms with van der Waals surface area (Å²) in [5, 5.41) is 8.01. The fourth-order valence-corrected chi connectivity index (χ4v) is 2.10. The molecule has 0 aliphatic heterocycles. The first-order valence-corrected chi connectivity index (χ1v) is 6.64. The summed E-state index contributed by atoms with van der Waals surface area (Å²) >= 11 is 0. The second-order valence-corrected chi connectivity index (χ2v) is 4.95. The van der Waals surface area contributed by atoms with Crippen LogP contribution in [-0.4, -0.2) is 28.1 Å². The maximum atomic E-state index is 5.64. The zero-order valence-corrected chi connectivity index (χ0v) is 11.6. The molecule has 1 heterocycles. The van der Waals surface area contributed by atoms with Crippen molar-refractivity contribution in [3.63, 3.8) is 0 Å². The van der Waals surface area contributed by atoms with Gasteiger partial charge in [0.1, 0.15) is 11.0 Å². The van der Waals surface area contributed by atoms with Gasteiger partial charge in [0.2, 0.25) is 6.79 Å². The number of nitrogens with zero attached hydrogens (tertiary/aromatic N) is 3. The number of hydrogen-bond donors (Lipinski definition) is 0. The number of hydrogen-bond acceptors (Lipinski definition) is 4. The SMILES string of the molecule is CC1=CCC(OCOn2nnc3ccc(C)cc32)C=C1. The molecule has 0 N–H and O–H groups in total. The molecule has 0 amide bonds. The van der Waals surface area contributed by atoms with E-state index in [1.807, 2.05) is 31.2 Å². The number of ether oxygens (including phenoxy) is 1. The second kappa shape index (κ2) is 5.46. The summed E-state index contributed by atoms with van der Waals surface area (Å²) in [5.41, 5.74) is 4.07. The third-order valence-corrected chi connectivity index (χ3v) is 3.27. The topological polar surface area (TPSA) is 49.2 Å². The van der Waals surface area contributed by atoms with Crippen molar-refractivity contribution in [1.82, 2.24) is 15.2 Å². The third-order valence-electron chi connectivity index (χ3n) is 3.27. The van der Waals surface area contributed by atoms with Crippen LogP contribution in [0.3, 0.4) is 0 Å². The van der Waals surface area contributed by atoms with E-state index in [2.05, 4.69) is 29.4 Å². The summed E-state index contributed by atoms with van der Waals surface area (Å²) in [6.07, 6.45) is 7.20. The molecule has 1 aromatic carbocycles. The molecule has 1 atom stereocenters. The molecule has 5 heteroatoms. The van der Waals surface area contributed by atoms with Gasteiger partial charge >= 0.3 is 0 Å². The number of rotatable bonds is 4. The Kier molecular flexibility index (Phi) is 3.52. The van der Waals surface area contributed by atoms with Gasteiger partial charge in [-0.25, -0.2) is 0 Å². The van der Waals surface area contributed by atoms with Gasteiger partial charge in [-0.2, -0.15) is 0 Å². The number of allylic oxidation sites excluding steroid dienone is 2. The Labute approximate surface area is 117 Å². The molecule has 1 aliphatic rings. The molecule has 5 nitrogen and oxygen atoms in total. The highest BCUT2D eigenvalue weighted by Gasteiger charge is 2.09. The summed E-state index contributed by atoms with van der Waals surface area (Å²) in [5.74, 6) is 0. The first kappa shape index (κ1) is 12.9. The quantitative estimate of drug-likeness (QED) is 0.801. The lowest BCUT2D eigenvalue weighted by molar-refractivity contribution is -0.0869. The molecular formula is C15H17N3O2. The average molecular weight is 271 g/mol. The smallest absolute Gasteiger partial charge is 0.217 e. The first-order chi connectivity index (χ1) is 9.72. The van der Waals surface area contributed by atoms with Crippen LogP contribution < -0.4 is 4.84 Å². The van der Waals surface area contributed by atoms with Gasteiger partial charge in [-0.15, -0.1) is 5.10 Å². The van der Waals surface area contributed by atoms with Gasteiger partial charge in [0.25, 0.3) is 0 Å². The van der Waals surface area contributed by atoms with Gasteiger partial charge in [0.05, 0.1) is 6.10 Å². The van der Waals surface area contributed by atoms with E-state index in [0.717, 1.165) is 23.0 Å². The summed E-state index contributed by atoms with van der Waals surface area (Å²) in [6.45, 7) is 4.25. The molecule has 0 radical (unpaired) electrons. The second-order valence-electron chi connectivity index (χ2n) is 4.95. The maximum Gasteiger partial charge on any atom is 0.217 e. The predicted molar refractivity (Wildman–Crippen MR) is 76.1 cm³/mol. The fourth-order valence-electron chi connectivity index (χ4n) is 2.10. The summed E-state index contributed by atoms with van der Waals surface area (Å²) in [7, 11) is 0.